The van der Waals surface area contributed by atoms with Crippen LogP contribution in [0.5, 0.6) is 0 Å². The van der Waals surface area contributed by atoms with E-state index in [4.69, 9.17) is 19.4 Å². The Balaban J connectivity index is 1.07. The largest absolute Gasteiger partial charge is 0.456 e. The lowest BCUT2D eigenvalue weighted by atomic mass is 9.98. The van der Waals surface area contributed by atoms with E-state index >= 15 is 0 Å². The molecule has 0 saturated heterocycles. The SMILES string of the molecule is c1ccc(-c2ccc(-c3nc(-c4ccccc4)nc(-c4ccc(-c5ccc6c(c5)oc5cccc(-c7ccccc7)c56)cc4)n3)cc2)cc1. The molecule has 0 aliphatic rings. The van der Waals surface area contributed by atoms with Crippen LogP contribution in [-0.2, 0) is 0 Å². The topological polar surface area (TPSA) is 51.8 Å². The van der Waals surface area contributed by atoms with Crippen molar-refractivity contribution in [3.05, 3.63) is 176 Å². The summed E-state index contributed by atoms with van der Waals surface area (Å²) in [5.74, 6) is 1.91. The van der Waals surface area contributed by atoms with Crippen LogP contribution in [-0.4, -0.2) is 15.0 Å². The Bertz CT molecular complexity index is 2560. The lowest BCUT2D eigenvalue weighted by molar-refractivity contribution is 0.669. The molecule has 230 valence electrons. The van der Waals surface area contributed by atoms with E-state index in [1.807, 2.05) is 48.5 Å². The number of furan rings is 1. The van der Waals surface area contributed by atoms with Gasteiger partial charge in [0.25, 0.3) is 0 Å². The first kappa shape index (κ1) is 28.6. The number of hydrogen-bond donors (Lipinski definition) is 0. The van der Waals surface area contributed by atoms with Gasteiger partial charge < -0.3 is 4.42 Å². The third kappa shape index (κ3) is 5.45. The third-order valence-electron chi connectivity index (χ3n) is 8.98. The Morgan fingerprint density at radius 1 is 0.306 bits per heavy atom. The van der Waals surface area contributed by atoms with Crippen molar-refractivity contribution in [2.24, 2.45) is 0 Å². The standard InChI is InChI=1S/C45H29N3O/c1-4-11-30(12-5-1)31-19-23-35(24-20-31)44-46-43(34-15-8-3-9-16-34)47-45(48-44)36-25-21-32(22-26-36)37-27-28-39-41(29-37)49-40-18-10-17-38(42(39)40)33-13-6-2-7-14-33/h1-29H. The van der Waals surface area contributed by atoms with Crippen molar-refractivity contribution in [3.8, 4) is 67.5 Å². The van der Waals surface area contributed by atoms with Gasteiger partial charge in [-0.2, -0.15) is 0 Å². The number of nitrogens with zero attached hydrogens (tertiary/aromatic N) is 3. The van der Waals surface area contributed by atoms with E-state index in [9.17, 15) is 0 Å². The predicted octanol–water partition coefficient (Wildman–Crippen LogP) is 11.8. The van der Waals surface area contributed by atoms with E-state index in [0.29, 0.717) is 17.5 Å². The monoisotopic (exact) mass is 627 g/mol. The van der Waals surface area contributed by atoms with Crippen molar-refractivity contribution in [1.29, 1.82) is 0 Å². The molecule has 0 aliphatic heterocycles. The normalized spacial score (nSPS) is 11.3. The summed E-state index contributed by atoms with van der Waals surface area (Å²) in [6, 6.07) is 60.4. The van der Waals surface area contributed by atoms with Crippen LogP contribution in [0.2, 0.25) is 0 Å². The molecule has 7 aromatic carbocycles. The van der Waals surface area contributed by atoms with Crippen molar-refractivity contribution in [1.82, 2.24) is 15.0 Å². The van der Waals surface area contributed by atoms with Gasteiger partial charge in [0, 0.05) is 27.5 Å². The average Bonchev–Trinajstić information content (AvgIpc) is 3.57. The van der Waals surface area contributed by atoms with Crippen LogP contribution in [0.3, 0.4) is 0 Å². The summed E-state index contributed by atoms with van der Waals surface area (Å²) in [6.07, 6.45) is 0. The van der Waals surface area contributed by atoms with Crippen LogP contribution in [0.15, 0.2) is 180 Å². The van der Waals surface area contributed by atoms with Gasteiger partial charge in [-0.05, 0) is 51.6 Å². The highest BCUT2D eigenvalue weighted by atomic mass is 16.3. The van der Waals surface area contributed by atoms with E-state index in [1.54, 1.807) is 0 Å². The average molecular weight is 628 g/mol. The summed E-state index contributed by atoms with van der Waals surface area (Å²) in [5, 5.41) is 2.25. The third-order valence-corrected chi connectivity index (χ3v) is 8.98. The molecule has 0 radical (unpaired) electrons. The molecule has 0 unspecified atom stereocenters. The quantitative estimate of drug-likeness (QED) is 0.184. The van der Waals surface area contributed by atoms with Crippen molar-refractivity contribution >= 4 is 21.9 Å². The Morgan fingerprint density at radius 3 is 1.31 bits per heavy atom. The zero-order chi connectivity index (χ0) is 32.6. The smallest absolute Gasteiger partial charge is 0.164 e. The van der Waals surface area contributed by atoms with Gasteiger partial charge in [0.05, 0.1) is 0 Å². The Kier molecular flexibility index (Phi) is 7.10. The van der Waals surface area contributed by atoms with E-state index in [-0.39, 0.29) is 0 Å². The minimum Gasteiger partial charge on any atom is -0.456 e. The van der Waals surface area contributed by atoms with Crippen molar-refractivity contribution < 1.29 is 4.42 Å². The Morgan fingerprint density at radius 2 is 0.735 bits per heavy atom. The van der Waals surface area contributed by atoms with Crippen LogP contribution in [0, 0.1) is 0 Å². The molecule has 2 aromatic heterocycles. The molecule has 0 amide bonds. The fourth-order valence-corrected chi connectivity index (χ4v) is 6.47. The summed E-state index contributed by atoms with van der Waals surface area (Å²) in [7, 11) is 0. The maximum absolute atomic E-state index is 6.39. The van der Waals surface area contributed by atoms with E-state index < -0.39 is 0 Å². The van der Waals surface area contributed by atoms with E-state index in [0.717, 1.165) is 55.3 Å². The van der Waals surface area contributed by atoms with Crippen LogP contribution in [0.1, 0.15) is 0 Å². The fraction of sp³-hybridized carbons (Fsp3) is 0. The molecule has 0 bridgehead atoms. The van der Waals surface area contributed by atoms with Gasteiger partial charge in [-0.25, -0.2) is 15.0 Å². The van der Waals surface area contributed by atoms with Crippen LogP contribution in [0.4, 0.5) is 0 Å². The summed E-state index contributed by atoms with van der Waals surface area (Å²) < 4.78 is 6.39. The molecule has 9 aromatic rings. The summed E-state index contributed by atoms with van der Waals surface area (Å²) >= 11 is 0. The number of benzene rings is 7. The van der Waals surface area contributed by atoms with Gasteiger partial charge in [-0.1, -0.05) is 158 Å². The molecule has 4 heteroatoms. The first-order valence-electron chi connectivity index (χ1n) is 16.4. The fourth-order valence-electron chi connectivity index (χ4n) is 6.47. The summed E-state index contributed by atoms with van der Waals surface area (Å²) in [4.78, 5) is 14.8. The van der Waals surface area contributed by atoms with E-state index in [2.05, 4.69) is 127 Å². The molecule has 0 saturated carbocycles. The highest BCUT2D eigenvalue weighted by Crippen LogP contribution is 2.38. The van der Waals surface area contributed by atoms with Crippen molar-refractivity contribution in [2.45, 2.75) is 0 Å². The van der Waals surface area contributed by atoms with Crippen LogP contribution in [0.25, 0.3) is 89.5 Å². The number of fused-ring (bicyclic) bond motifs is 3. The van der Waals surface area contributed by atoms with Gasteiger partial charge in [0.15, 0.2) is 17.5 Å². The minimum atomic E-state index is 0.628. The zero-order valence-corrected chi connectivity index (χ0v) is 26.5. The second-order valence-corrected chi connectivity index (χ2v) is 12.1. The highest BCUT2D eigenvalue weighted by Gasteiger charge is 2.15. The predicted molar refractivity (Wildman–Crippen MR) is 200 cm³/mol. The molecule has 0 N–H and O–H groups in total. The molecule has 0 fully saturated rings. The van der Waals surface area contributed by atoms with E-state index in [1.165, 1.54) is 16.7 Å². The number of rotatable bonds is 6. The summed E-state index contributed by atoms with van der Waals surface area (Å²) in [6.45, 7) is 0. The molecule has 2 heterocycles. The molecule has 0 atom stereocenters. The first-order chi connectivity index (χ1) is 24.3. The molecular formula is C45H29N3O. The second kappa shape index (κ2) is 12.2. The number of aromatic nitrogens is 3. The Hall–Kier alpha value is -6.65. The van der Waals surface area contributed by atoms with Gasteiger partial charge in [-0.3, -0.25) is 0 Å². The molecule has 49 heavy (non-hydrogen) atoms. The molecule has 4 nitrogen and oxygen atoms in total. The maximum atomic E-state index is 6.39. The maximum Gasteiger partial charge on any atom is 0.164 e. The van der Waals surface area contributed by atoms with Crippen molar-refractivity contribution in [2.75, 3.05) is 0 Å². The highest BCUT2D eigenvalue weighted by molar-refractivity contribution is 6.13. The zero-order valence-electron chi connectivity index (χ0n) is 26.5. The van der Waals surface area contributed by atoms with Gasteiger partial charge in [0.2, 0.25) is 0 Å². The lowest BCUT2D eigenvalue weighted by Gasteiger charge is -2.10. The molecule has 0 spiro atoms. The lowest BCUT2D eigenvalue weighted by Crippen LogP contribution is -2.00. The number of hydrogen-bond acceptors (Lipinski definition) is 4. The van der Waals surface area contributed by atoms with Gasteiger partial charge >= 0.3 is 0 Å². The first-order valence-corrected chi connectivity index (χ1v) is 16.4. The summed E-state index contributed by atoms with van der Waals surface area (Å²) in [5.41, 5.74) is 11.4. The van der Waals surface area contributed by atoms with Gasteiger partial charge in [0.1, 0.15) is 11.2 Å². The van der Waals surface area contributed by atoms with Gasteiger partial charge in [-0.15, -0.1) is 0 Å². The van der Waals surface area contributed by atoms with Crippen LogP contribution < -0.4 is 0 Å². The second-order valence-electron chi connectivity index (χ2n) is 12.1. The van der Waals surface area contributed by atoms with Crippen molar-refractivity contribution in [3.63, 3.8) is 0 Å². The Labute approximate surface area is 284 Å². The van der Waals surface area contributed by atoms with Crippen LogP contribution >= 0.6 is 0 Å². The molecule has 0 aliphatic carbocycles. The molecular weight excluding hydrogens is 599 g/mol. The minimum absolute atomic E-state index is 0.628. The molecule has 9 rings (SSSR count).